The average Bonchev–Trinajstić information content (AvgIpc) is 2.55. The first-order valence-corrected chi connectivity index (χ1v) is 9.63. The number of sulfone groups is 1. The van der Waals surface area contributed by atoms with Gasteiger partial charge in [0.05, 0.1) is 4.90 Å². The summed E-state index contributed by atoms with van der Waals surface area (Å²) in [6, 6.07) is 14.6. The van der Waals surface area contributed by atoms with Crippen LogP contribution in [0.1, 0.15) is 36.1 Å². The maximum absolute atomic E-state index is 13.0. The molecule has 1 atom stereocenters. The maximum atomic E-state index is 13.0. The quantitative estimate of drug-likeness (QED) is 0.871. The monoisotopic (exact) mass is 346 g/mol. The zero-order valence-corrected chi connectivity index (χ0v) is 15.5. The number of hydrogen-bond acceptors (Lipinski definition) is 4. The molecule has 0 saturated heterocycles. The molecule has 0 fully saturated rings. The fourth-order valence-electron chi connectivity index (χ4n) is 2.64. The van der Waals surface area contributed by atoms with Crippen LogP contribution in [0.3, 0.4) is 0 Å². The van der Waals surface area contributed by atoms with Gasteiger partial charge in [0.15, 0.2) is 9.84 Å². The van der Waals surface area contributed by atoms with E-state index >= 15 is 0 Å². The molecular formula is C19H26N2O2S. The molecule has 2 aromatic rings. The topological polar surface area (TPSA) is 63.4 Å². The Bertz CT molecular complexity index is 764. The molecule has 5 heteroatoms. The Morgan fingerprint density at radius 3 is 1.83 bits per heavy atom. The summed E-state index contributed by atoms with van der Waals surface area (Å²) in [5.41, 5.74) is 8.67. The summed E-state index contributed by atoms with van der Waals surface area (Å²) < 4.78 is 25.9. The summed E-state index contributed by atoms with van der Waals surface area (Å²) in [4.78, 5) is 2.29. The van der Waals surface area contributed by atoms with Crippen LogP contribution in [0.5, 0.6) is 0 Å². The van der Waals surface area contributed by atoms with Crippen molar-refractivity contribution in [2.24, 2.45) is 5.73 Å². The first kappa shape index (κ1) is 18.5. The molecule has 2 N–H and O–H groups in total. The molecule has 0 unspecified atom stereocenters. The molecule has 0 spiro atoms. The Kier molecular flexibility index (Phi) is 5.67. The fraction of sp³-hybridized carbons (Fsp3) is 0.368. The van der Waals surface area contributed by atoms with E-state index in [1.54, 1.807) is 12.1 Å². The minimum atomic E-state index is -3.52. The zero-order valence-electron chi connectivity index (χ0n) is 14.7. The first-order valence-electron chi connectivity index (χ1n) is 8.08. The summed E-state index contributed by atoms with van der Waals surface area (Å²) in [5.74, 6) is 0.366. The van der Waals surface area contributed by atoms with Gasteiger partial charge in [0.25, 0.3) is 0 Å². The van der Waals surface area contributed by atoms with Gasteiger partial charge in [-0.1, -0.05) is 38.1 Å². The Morgan fingerprint density at radius 1 is 0.917 bits per heavy atom. The van der Waals surface area contributed by atoms with Gasteiger partial charge >= 0.3 is 0 Å². The van der Waals surface area contributed by atoms with Crippen LogP contribution >= 0.6 is 0 Å². The van der Waals surface area contributed by atoms with Crippen LogP contribution in [0.4, 0.5) is 5.69 Å². The number of benzene rings is 2. The Labute approximate surface area is 145 Å². The van der Waals surface area contributed by atoms with Gasteiger partial charge in [-0.05, 0) is 41.3 Å². The third kappa shape index (κ3) is 3.79. The lowest BCUT2D eigenvalue weighted by Crippen LogP contribution is -2.22. The Balaban J connectivity index is 2.37. The summed E-state index contributed by atoms with van der Waals surface area (Å²) >= 11 is 0. The van der Waals surface area contributed by atoms with Gasteiger partial charge in [0.2, 0.25) is 0 Å². The number of nitrogens with zero attached hydrogens (tertiary/aromatic N) is 1. The molecule has 2 aromatic carbocycles. The van der Waals surface area contributed by atoms with E-state index in [0.29, 0.717) is 10.8 Å². The molecule has 0 aliphatic rings. The van der Waals surface area contributed by atoms with Crippen LogP contribution in [0.25, 0.3) is 0 Å². The number of anilines is 1. The van der Waals surface area contributed by atoms with Crippen LogP contribution in [-0.4, -0.2) is 29.1 Å². The molecule has 0 heterocycles. The molecule has 0 radical (unpaired) electrons. The summed E-state index contributed by atoms with van der Waals surface area (Å²) in [6.45, 7) is 4.21. The SMILES string of the molecule is CC(C)c1ccc(S(=O)(=O)[C@@H](CN)c2ccc(N(C)C)cc2)cc1. The molecule has 4 nitrogen and oxygen atoms in total. The van der Waals surface area contributed by atoms with Gasteiger partial charge in [-0.3, -0.25) is 0 Å². The number of nitrogens with two attached hydrogens (primary N) is 1. The minimum Gasteiger partial charge on any atom is -0.378 e. The van der Waals surface area contributed by atoms with E-state index in [1.165, 1.54) is 0 Å². The van der Waals surface area contributed by atoms with Crippen molar-refractivity contribution in [1.82, 2.24) is 0 Å². The van der Waals surface area contributed by atoms with Gasteiger partial charge in [-0.15, -0.1) is 0 Å². The van der Waals surface area contributed by atoms with Gasteiger partial charge in [-0.2, -0.15) is 0 Å². The lowest BCUT2D eigenvalue weighted by atomic mass is 10.0. The summed E-state index contributed by atoms with van der Waals surface area (Å²) in [6.07, 6.45) is 0. The minimum absolute atomic E-state index is 0.0512. The number of hydrogen-bond donors (Lipinski definition) is 1. The van der Waals surface area contributed by atoms with Crippen molar-refractivity contribution in [2.45, 2.75) is 29.9 Å². The average molecular weight is 346 g/mol. The second-order valence-electron chi connectivity index (χ2n) is 6.48. The largest absolute Gasteiger partial charge is 0.378 e. The highest BCUT2D eigenvalue weighted by molar-refractivity contribution is 7.91. The predicted molar refractivity (Wildman–Crippen MR) is 100 cm³/mol. The van der Waals surface area contributed by atoms with Crippen molar-refractivity contribution in [1.29, 1.82) is 0 Å². The van der Waals surface area contributed by atoms with Crippen LogP contribution < -0.4 is 10.6 Å². The van der Waals surface area contributed by atoms with E-state index in [2.05, 4.69) is 13.8 Å². The van der Waals surface area contributed by atoms with Crippen molar-refractivity contribution < 1.29 is 8.42 Å². The van der Waals surface area contributed by atoms with Gasteiger partial charge in [-0.25, -0.2) is 8.42 Å². The first-order chi connectivity index (χ1) is 11.3. The molecule has 2 rings (SSSR count). The third-order valence-electron chi connectivity index (χ3n) is 4.25. The smallest absolute Gasteiger partial charge is 0.186 e. The molecule has 0 aromatic heterocycles. The second-order valence-corrected chi connectivity index (χ2v) is 8.61. The van der Waals surface area contributed by atoms with E-state index in [0.717, 1.165) is 16.8 Å². The van der Waals surface area contributed by atoms with Crippen LogP contribution in [-0.2, 0) is 9.84 Å². The molecule has 0 saturated carbocycles. The van der Waals surface area contributed by atoms with E-state index in [1.807, 2.05) is 55.4 Å². The van der Waals surface area contributed by atoms with Crippen molar-refractivity contribution in [3.8, 4) is 0 Å². The van der Waals surface area contributed by atoms with E-state index < -0.39 is 15.1 Å². The van der Waals surface area contributed by atoms with E-state index in [9.17, 15) is 8.42 Å². The fourth-order valence-corrected chi connectivity index (χ4v) is 4.25. The molecule has 0 bridgehead atoms. The van der Waals surface area contributed by atoms with Gasteiger partial charge in [0.1, 0.15) is 5.25 Å². The molecule has 0 amide bonds. The number of rotatable bonds is 6. The summed E-state index contributed by atoms with van der Waals surface area (Å²) in [7, 11) is 0.375. The van der Waals surface area contributed by atoms with Gasteiger partial charge < -0.3 is 10.6 Å². The summed E-state index contributed by atoms with van der Waals surface area (Å²) in [5, 5.41) is -0.737. The van der Waals surface area contributed by atoms with E-state index in [4.69, 9.17) is 5.73 Å². The molecule has 130 valence electrons. The lowest BCUT2D eigenvalue weighted by molar-refractivity contribution is 0.582. The van der Waals surface area contributed by atoms with Crippen molar-refractivity contribution in [2.75, 3.05) is 25.5 Å². The standard InChI is InChI=1S/C19H26N2O2S/c1-14(2)15-7-11-18(12-8-15)24(22,23)19(13-20)16-5-9-17(10-6-16)21(3)4/h5-12,14,19H,13,20H2,1-4H3/t19-/m0/s1. The molecule has 0 aliphatic carbocycles. The highest BCUT2D eigenvalue weighted by atomic mass is 32.2. The third-order valence-corrected chi connectivity index (χ3v) is 6.39. The Hall–Kier alpha value is -1.85. The van der Waals surface area contributed by atoms with Gasteiger partial charge in [0, 0.05) is 26.3 Å². The zero-order chi connectivity index (χ0) is 17.9. The van der Waals surface area contributed by atoms with Crippen molar-refractivity contribution in [3.05, 3.63) is 59.7 Å². The lowest BCUT2D eigenvalue weighted by Gasteiger charge is -2.19. The van der Waals surface area contributed by atoms with Crippen molar-refractivity contribution >= 4 is 15.5 Å². The van der Waals surface area contributed by atoms with Crippen LogP contribution in [0, 0.1) is 0 Å². The molecule has 0 aliphatic heterocycles. The van der Waals surface area contributed by atoms with E-state index in [-0.39, 0.29) is 6.54 Å². The maximum Gasteiger partial charge on any atom is 0.186 e. The second kappa shape index (κ2) is 7.36. The highest BCUT2D eigenvalue weighted by Gasteiger charge is 2.28. The van der Waals surface area contributed by atoms with Crippen LogP contribution in [0.2, 0.25) is 0 Å². The predicted octanol–water partition coefficient (Wildman–Crippen LogP) is 3.35. The Morgan fingerprint density at radius 2 is 1.42 bits per heavy atom. The normalized spacial score (nSPS) is 13.1. The van der Waals surface area contributed by atoms with Crippen molar-refractivity contribution in [3.63, 3.8) is 0 Å². The molecular weight excluding hydrogens is 320 g/mol. The molecule has 24 heavy (non-hydrogen) atoms. The van der Waals surface area contributed by atoms with Crippen LogP contribution in [0.15, 0.2) is 53.4 Å². The highest BCUT2D eigenvalue weighted by Crippen LogP contribution is 2.30.